The highest BCUT2D eigenvalue weighted by Crippen LogP contribution is 2.28. The summed E-state index contributed by atoms with van der Waals surface area (Å²) < 4.78 is 18.2. The predicted octanol–water partition coefficient (Wildman–Crippen LogP) is 1.07. The Morgan fingerprint density at radius 1 is 1.10 bits per heavy atom. The molecule has 0 radical (unpaired) electrons. The highest BCUT2D eigenvalue weighted by molar-refractivity contribution is 7.71. The molecule has 2 aromatic heterocycles. The molecule has 4 rings (SSSR count). The van der Waals surface area contributed by atoms with Gasteiger partial charge in [-0.15, -0.1) is 5.10 Å². The van der Waals surface area contributed by atoms with Crippen LogP contribution in [-0.4, -0.2) is 50.2 Å². The van der Waals surface area contributed by atoms with Crippen molar-refractivity contribution in [2.24, 2.45) is 0 Å². The first-order valence-corrected chi connectivity index (χ1v) is 9.93. The first-order chi connectivity index (χ1) is 14.2. The molecule has 0 spiro atoms. The van der Waals surface area contributed by atoms with E-state index in [0.29, 0.717) is 28.9 Å². The molecule has 152 valence electrons. The average Bonchev–Trinajstić information content (AvgIpc) is 3.14. The lowest BCUT2D eigenvalue weighted by atomic mass is 10.2. The number of hydrogen-bond donors (Lipinski definition) is 1. The molecule has 29 heavy (non-hydrogen) atoms. The largest absolute Gasteiger partial charge is 0.497 e. The molecular weight excluding hydrogens is 390 g/mol. The molecule has 0 amide bonds. The Bertz CT molecular complexity index is 990. The molecule has 9 heteroatoms. The zero-order valence-electron chi connectivity index (χ0n) is 16.6. The summed E-state index contributed by atoms with van der Waals surface area (Å²) in [7, 11) is 3.23. The van der Waals surface area contributed by atoms with Crippen LogP contribution in [0, 0.1) is 4.84 Å². The molecule has 3 heterocycles. The van der Waals surface area contributed by atoms with Crippen LogP contribution < -0.4 is 24.3 Å². The Labute approximate surface area is 174 Å². The van der Waals surface area contributed by atoms with E-state index < -0.39 is 0 Å². The second kappa shape index (κ2) is 8.62. The maximum Gasteiger partial charge on any atom is 0.292 e. The van der Waals surface area contributed by atoms with Gasteiger partial charge in [-0.3, -0.25) is 0 Å². The lowest BCUT2D eigenvalue weighted by molar-refractivity contribution is -0.924. The monoisotopic (exact) mass is 415 g/mol. The molecule has 8 nitrogen and oxygen atoms in total. The Kier molecular flexibility index (Phi) is 5.77. The highest BCUT2D eigenvalue weighted by atomic mass is 32.1. The maximum absolute atomic E-state index is 5.76. The Hall–Kier alpha value is -2.91. The van der Waals surface area contributed by atoms with Gasteiger partial charge in [0, 0.05) is 29.4 Å². The topological polar surface area (TPSA) is 71.2 Å². The van der Waals surface area contributed by atoms with Crippen molar-refractivity contribution >= 4 is 17.9 Å². The summed E-state index contributed by atoms with van der Waals surface area (Å²) in [6, 6.07) is 9.73. The van der Waals surface area contributed by atoms with Gasteiger partial charge in [0.05, 0.1) is 40.4 Å². The van der Waals surface area contributed by atoms with Crippen LogP contribution in [0.15, 0.2) is 47.1 Å². The quantitative estimate of drug-likeness (QED) is 0.608. The molecule has 3 aromatic rings. The van der Waals surface area contributed by atoms with Crippen LogP contribution in [0.3, 0.4) is 0 Å². The molecule has 1 fully saturated rings. The third-order valence-electron chi connectivity index (χ3n) is 5.11. The smallest absolute Gasteiger partial charge is 0.292 e. The van der Waals surface area contributed by atoms with Crippen molar-refractivity contribution < 1.29 is 23.8 Å². The molecule has 0 saturated carbocycles. The summed E-state index contributed by atoms with van der Waals surface area (Å²) in [5.41, 5.74) is 2.02. The molecule has 0 bridgehead atoms. The Morgan fingerprint density at radius 3 is 2.38 bits per heavy atom. The van der Waals surface area contributed by atoms with Gasteiger partial charge in [-0.25, -0.2) is 4.98 Å². The third-order valence-corrected chi connectivity index (χ3v) is 5.41. The normalized spacial score (nSPS) is 14.8. The van der Waals surface area contributed by atoms with Gasteiger partial charge >= 0.3 is 0 Å². The van der Waals surface area contributed by atoms with E-state index in [1.54, 1.807) is 18.9 Å². The molecule has 1 aromatic carbocycles. The first-order valence-electron chi connectivity index (χ1n) is 9.52. The number of anilines is 1. The number of ether oxygens (including phenoxy) is 2. The summed E-state index contributed by atoms with van der Waals surface area (Å²) in [6.07, 6.45) is 3.91. The van der Waals surface area contributed by atoms with Crippen molar-refractivity contribution in [1.82, 2.24) is 9.78 Å². The van der Waals surface area contributed by atoms with Gasteiger partial charge in [-0.1, -0.05) is 0 Å². The van der Waals surface area contributed by atoms with E-state index in [2.05, 4.69) is 27.1 Å². The van der Waals surface area contributed by atoms with Crippen LogP contribution in [0.5, 0.6) is 11.5 Å². The number of H-pyrrole nitrogens is 1. The number of methoxy groups -OCH3 is 2. The number of aromatic nitrogens is 3. The van der Waals surface area contributed by atoms with Crippen LogP contribution in [0.4, 0.5) is 5.69 Å². The van der Waals surface area contributed by atoms with E-state index in [4.69, 9.17) is 26.1 Å². The average molecular weight is 416 g/mol. The van der Waals surface area contributed by atoms with Gasteiger partial charge < -0.3 is 23.7 Å². The number of nitrogens with zero attached hydrogens (tertiary/aromatic N) is 3. The number of quaternary nitrogens is 1. The summed E-state index contributed by atoms with van der Waals surface area (Å²) in [4.78, 5) is 7.25. The fourth-order valence-electron chi connectivity index (χ4n) is 3.49. The van der Waals surface area contributed by atoms with Gasteiger partial charge in [-0.05, 0) is 24.4 Å². The molecule has 1 aliphatic heterocycles. The van der Waals surface area contributed by atoms with E-state index >= 15 is 0 Å². The number of rotatable bonds is 6. The zero-order chi connectivity index (χ0) is 20.2. The summed E-state index contributed by atoms with van der Waals surface area (Å²) in [6.45, 7) is 4.68. The number of hydrogen-bond acceptors (Lipinski definition) is 6. The molecule has 0 aliphatic carbocycles. The zero-order valence-corrected chi connectivity index (χ0v) is 17.4. The van der Waals surface area contributed by atoms with Gasteiger partial charge in [0.1, 0.15) is 11.5 Å². The minimum Gasteiger partial charge on any atom is -0.497 e. The van der Waals surface area contributed by atoms with E-state index in [9.17, 15) is 0 Å². The second-order valence-corrected chi connectivity index (χ2v) is 7.28. The van der Waals surface area contributed by atoms with Crippen LogP contribution in [0.25, 0.3) is 11.5 Å². The van der Waals surface area contributed by atoms with E-state index in [1.165, 1.54) is 10.6 Å². The van der Waals surface area contributed by atoms with Gasteiger partial charge in [0.25, 0.3) is 4.84 Å². The third kappa shape index (κ3) is 4.41. The van der Waals surface area contributed by atoms with Crippen LogP contribution in [-0.2, 0) is 6.67 Å². The number of benzene rings is 1. The minimum absolute atomic E-state index is 0.371. The molecule has 0 unspecified atom stereocenters. The van der Waals surface area contributed by atoms with Crippen LogP contribution >= 0.6 is 12.2 Å². The number of pyridine rings is 1. The lowest BCUT2D eigenvalue weighted by Crippen LogP contribution is -3.14. The standard InChI is InChI=1S/C20H23N5O3S/c1-26-17-11-15(12-18(13-17)27-2)19-22-25(20(29)28-19)14-23-7-9-24(10-8-23)16-3-5-21-6-4-16/h3-6,11-13H,7-10,14H2,1-2H3/p+2. The van der Waals surface area contributed by atoms with Gasteiger partial charge in [0.2, 0.25) is 5.89 Å². The molecule has 2 N–H and O–H groups in total. The first kappa shape index (κ1) is 19.4. The fraction of sp³-hybridized carbons (Fsp3) is 0.350. The minimum atomic E-state index is 0.371. The SMILES string of the molecule is COc1cc(OC)cc(-c2nn(C[NH+]3CCN(c4cc[nH+]cc4)CC3)c(=S)o2)c1. The second-order valence-electron chi connectivity index (χ2n) is 6.93. The molecule has 1 saturated heterocycles. The maximum atomic E-state index is 5.76. The van der Waals surface area contributed by atoms with Crippen molar-refractivity contribution in [3.63, 3.8) is 0 Å². The van der Waals surface area contributed by atoms with Gasteiger partial charge in [0.15, 0.2) is 19.1 Å². The lowest BCUT2D eigenvalue weighted by Gasteiger charge is -2.32. The number of nitrogens with one attached hydrogen (secondary N) is 2. The van der Waals surface area contributed by atoms with Crippen molar-refractivity contribution in [1.29, 1.82) is 0 Å². The molecular formula is C20H25N5O3S+2. The summed E-state index contributed by atoms with van der Waals surface area (Å²) in [5.74, 6) is 1.82. The summed E-state index contributed by atoms with van der Waals surface area (Å²) in [5, 5.41) is 4.60. The van der Waals surface area contributed by atoms with Gasteiger partial charge in [-0.2, -0.15) is 4.68 Å². The Morgan fingerprint density at radius 2 is 1.76 bits per heavy atom. The summed E-state index contributed by atoms with van der Waals surface area (Å²) >= 11 is 5.41. The highest BCUT2D eigenvalue weighted by Gasteiger charge is 2.22. The van der Waals surface area contributed by atoms with E-state index in [1.807, 2.05) is 30.6 Å². The fourth-order valence-corrected chi connectivity index (χ4v) is 3.68. The van der Waals surface area contributed by atoms with Crippen molar-refractivity contribution in [3.8, 4) is 23.0 Å². The van der Waals surface area contributed by atoms with Crippen molar-refractivity contribution in [3.05, 3.63) is 47.6 Å². The van der Waals surface area contributed by atoms with Crippen LogP contribution in [0.2, 0.25) is 0 Å². The van der Waals surface area contributed by atoms with Crippen molar-refractivity contribution in [2.45, 2.75) is 6.67 Å². The molecule has 0 atom stereocenters. The van der Waals surface area contributed by atoms with Crippen molar-refractivity contribution in [2.75, 3.05) is 45.3 Å². The molecule has 1 aliphatic rings. The predicted molar refractivity (Wildman–Crippen MR) is 110 cm³/mol. The van der Waals surface area contributed by atoms with E-state index in [-0.39, 0.29) is 0 Å². The van der Waals surface area contributed by atoms with E-state index in [0.717, 1.165) is 31.7 Å². The number of aromatic amines is 1. The van der Waals surface area contributed by atoms with Crippen LogP contribution in [0.1, 0.15) is 0 Å². The number of piperazine rings is 1. The Balaban J connectivity index is 1.45.